The molecule has 8 heteroatoms. The summed E-state index contributed by atoms with van der Waals surface area (Å²) < 4.78 is 0.946. The number of halogens is 1. The first kappa shape index (κ1) is 15.5. The molecule has 0 aliphatic carbocycles. The van der Waals surface area contributed by atoms with E-state index in [0.717, 1.165) is 21.5 Å². The van der Waals surface area contributed by atoms with Crippen LogP contribution in [0.2, 0.25) is 0 Å². The summed E-state index contributed by atoms with van der Waals surface area (Å²) >= 11 is 4.83. The number of rotatable bonds is 4. The first-order valence-corrected chi connectivity index (χ1v) is 7.51. The van der Waals surface area contributed by atoms with Crippen molar-refractivity contribution in [2.75, 3.05) is 7.05 Å². The Morgan fingerprint density at radius 2 is 2.19 bits per heavy atom. The van der Waals surface area contributed by atoms with Crippen LogP contribution >= 0.6 is 27.3 Å². The lowest BCUT2D eigenvalue weighted by atomic mass is 10.1. The number of carbonyl (C=O) groups is 1. The van der Waals surface area contributed by atoms with Gasteiger partial charge in [0.15, 0.2) is 0 Å². The minimum absolute atomic E-state index is 0.128. The molecular weight excluding hydrogens is 360 g/mol. The first-order chi connectivity index (χ1) is 9.88. The SMILES string of the molecule is CN(Cc1csc(Br)c1)C(=O)c1cc(O)ccc1[N+](=O)[O-]. The van der Waals surface area contributed by atoms with Crippen LogP contribution in [0.25, 0.3) is 0 Å². The Labute approximate surface area is 132 Å². The molecule has 1 aromatic carbocycles. The molecule has 0 spiro atoms. The molecule has 0 saturated heterocycles. The molecule has 0 radical (unpaired) electrons. The number of phenolic OH excluding ortho intramolecular Hbond substituents is 1. The van der Waals surface area contributed by atoms with E-state index in [1.807, 2.05) is 11.4 Å². The van der Waals surface area contributed by atoms with Crippen molar-refractivity contribution in [2.24, 2.45) is 0 Å². The first-order valence-electron chi connectivity index (χ1n) is 5.84. The average molecular weight is 371 g/mol. The van der Waals surface area contributed by atoms with Gasteiger partial charge in [0.25, 0.3) is 11.6 Å². The third-order valence-corrected chi connectivity index (χ3v) is 4.35. The third kappa shape index (κ3) is 3.59. The summed E-state index contributed by atoms with van der Waals surface area (Å²) in [5, 5.41) is 22.3. The zero-order valence-corrected chi connectivity index (χ0v) is 13.3. The Morgan fingerprint density at radius 1 is 1.48 bits per heavy atom. The average Bonchev–Trinajstić information content (AvgIpc) is 2.82. The number of amides is 1. The highest BCUT2D eigenvalue weighted by Gasteiger charge is 2.23. The van der Waals surface area contributed by atoms with Crippen molar-refractivity contribution in [1.82, 2.24) is 4.90 Å². The quantitative estimate of drug-likeness (QED) is 0.660. The lowest BCUT2D eigenvalue weighted by Gasteiger charge is -2.16. The van der Waals surface area contributed by atoms with Gasteiger partial charge < -0.3 is 10.0 Å². The molecule has 1 heterocycles. The number of nitro benzene ring substituents is 1. The number of hydrogen-bond donors (Lipinski definition) is 1. The van der Waals surface area contributed by atoms with Crippen LogP contribution in [0.1, 0.15) is 15.9 Å². The molecule has 1 N–H and O–H groups in total. The van der Waals surface area contributed by atoms with Crippen molar-refractivity contribution >= 4 is 38.9 Å². The van der Waals surface area contributed by atoms with Crippen molar-refractivity contribution in [3.63, 3.8) is 0 Å². The van der Waals surface area contributed by atoms with Gasteiger partial charge in [-0.25, -0.2) is 0 Å². The lowest BCUT2D eigenvalue weighted by molar-refractivity contribution is -0.385. The van der Waals surface area contributed by atoms with E-state index in [1.165, 1.54) is 22.3 Å². The van der Waals surface area contributed by atoms with Crippen LogP contribution in [-0.4, -0.2) is 27.9 Å². The molecule has 2 aromatic rings. The summed E-state index contributed by atoms with van der Waals surface area (Å²) in [6.07, 6.45) is 0. The molecular formula is C13H11BrN2O4S. The van der Waals surface area contributed by atoms with Crippen LogP contribution in [0.5, 0.6) is 5.75 Å². The Balaban J connectivity index is 2.26. The predicted octanol–water partition coefficient (Wildman–Crippen LogP) is 3.40. The second kappa shape index (κ2) is 6.23. The molecule has 0 saturated carbocycles. The molecule has 0 atom stereocenters. The highest BCUT2D eigenvalue weighted by molar-refractivity contribution is 9.11. The number of thiophene rings is 1. The van der Waals surface area contributed by atoms with E-state index in [0.29, 0.717) is 6.54 Å². The minimum Gasteiger partial charge on any atom is -0.508 e. The van der Waals surface area contributed by atoms with E-state index in [-0.39, 0.29) is 17.0 Å². The number of hydrogen-bond acceptors (Lipinski definition) is 5. The molecule has 0 fully saturated rings. The highest BCUT2D eigenvalue weighted by Crippen LogP contribution is 2.26. The van der Waals surface area contributed by atoms with Gasteiger partial charge in [-0.2, -0.15) is 0 Å². The third-order valence-electron chi connectivity index (χ3n) is 2.80. The molecule has 0 unspecified atom stereocenters. The number of carbonyl (C=O) groups excluding carboxylic acids is 1. The Bertz CT molecular complexity index is 701. The van der Waals surface area contributed by atoms with E-state index in [9.17, 15) is 20.0 Å². The summed E-state index contributed by atoms with van der Waals surface area (Å²) in [6, 6.07) is 5.30. The monoisotopic (exact) mass is 370 g/mol. The topological polar surface area (TPSA) is 83.7 Å². The summed E-state index contributed by atoms with van der Waals surface area (Å²) in [7, 11) is 1.56. The number of nitro groups is 1. The second-order valence-electron chi connectivity index (χ2n) is 4.38. The van der Waals surface area contributed by atoms with Crippen molar-refractivity contribution in [3.8, 4) is 5.75 Å². The van der Waals surface area contributed by atoms with E-state index in [1.54, 1.807) is 7.05 Å². The maximum atomic E-state index is 12.3. The van der Waals surface area contributed by atoms with Gasteiger partial charge >= 0.3 is 0 Å². The largest absolute Gasteiger partial charge is 0.508 e. The van der Waals surface area contributed by atoms with Gasteiger partial charge in [0.05, 0.1) is 8.71 Å². The van der Waals surface area contributed by atoms with Gasteiger partial charge in [-0.05, 0) is 45.1 Å². The number of aromatic hydroxyl groups is 1. The van der Waals surface area contributed by atoms with E-state index in [4.69, 9.17) is 0 Å². The van der Waals surface area contributed by atoms with Gasteiger partial charge in [-0.1, -0.05) is 0 Å². The fraction of sp³-hybridized carbons (Fsp3) is 0.154. The maximum absolute atomic E-state index is 12.3. The van der Waals surface area contributed by atoms with Gasteiger partial charge in [-0.15, -0.1) is 11.3 Å². The van der Waals surface area contributed by atoms with E-state index >= 15 is 0 Å². The minimum atomic E-state index is -0.637. The molecule has 21 heavy (non-hydrogen) atoms. The lowest BCUT2D eigenvalue weighted by Crippen LogP contribution is -2.26. The zero-order valence-electron chi connectivity index (χ0n) is 10.9. The standard InChI is InChI=1S/C13H11BrN2O4S/c1-15(6-8-4-12(14)21-7-8)13(18)10-5-9(17)2-3-11(10)16(19)20/h2-5,7,17H,6H2,1H3. The Kier molecular flexibility index (Phi) is 4.59. The Morgan fingerprint density at radius 3 is 2.76 bits per heavy atom. The number of nitrogens with zero attached hydrogens (tertiary/aromatic N) is 2. The van der Waals surface area contributed by atoms with E-state index < -0.39 is 10.8 Å². The maximum Gasteiger partial charge on any atom is 0.282 e. The molecule has 110 valence electrons. The van der Waals surface area contributed by atoms with Crippen molar-refractivity contribution in [1.29, 1.82) is 0 Å². The van der Waals surface area contributed by atoms with Crippen molar-refractivity contribution < 1.29 is 14.8 Å². The summed E-state index contributed by atoms with van der Waals surface area (Å²) in [5.41, 5.74) is 0.471. The zero-order chi connectivity index (χ0) is 15.6. The van der Waals surface area contributed by atoms with Gasteiger partial charge in [0, 0.05) is 19.7 Å². The van der Waals surface area contributed by atoms with Gasteiger partial charge in [-0.3, -0.25) is 14.9 Å². The number of phenols is 1. The second-order valence-corrected chi connectivity index (χ2v) is 6.67. The molecule has 0 bridgehead atoms. The van der Waals surface area contributed by atoms with Crippen LogP contribution in [-0.2, 0) is 6.54 Å². The van der Waals surface area contributed by atoms with Crippen molar-refractivity contribution in [2.45, 2.75) is 6.54 Å². The number of benzene rings is 1. The fourth-order valence-corrected chi connectivity index (χ4v) is 3.03. The molecule has 2 rings (SSSR count). The molecule has 6 nitrogen and oxygen atoms in total. The van der Waals surface area contributed by atoms with Crippen LogP contribution < -0.4 is 0 Å². The van der Waals surface area contributed by atoms with Crippen LogP contribution in [0.15, 0.2) is 33.4 Å². The molecule has 1 amide bonds. The normalized spacial score (nSPS) is 10.4. The smallest absolute Gasteiger partial charge is 0.282 e. The van der Waals surface area contributed by atoms with Gasteiger partial charge in [0.1, 0.15) is 11.3 Å². The van der Waals surface area contributed by atoms with Crippen LogP contribution in [0.3, 0.4) is 0 Å². The fourth-order valence-electron chi connectivity index (χ4n) is 1.83. The molecule has 0 aliphatic heterocycles. The molecule has 0 aliphatic rings. The summed E-state index contributed by atoms with van der Waals surface area (Å²) in [6.45, 7) is 0.327. The summed E-state index contributed by atoms with van der Waals surface area (Å²) in [4.78, 5) is 24.0. The van der Waals surface area contributed by atoms with Crippen LogP contribution in [0.4, 0.5) is 5.69 Å². The predicted molar refractivity (Wildman–Crippen MR) is 82.6 cm³/mol. The van der Waals surface area contributed by atoms with Crippen LogP contribution in [0, 0.1) is 10.1 Å². The molecule has 1 aromatic heterocycles. The van der Waals surface area contributed by atoms with Gasteiger partial charge in [0.2, 0.25) is 0 Å². The van der Waals surface area contributed by atoms with E-state index in [2.05, 4.69) is 15.9 Å². The van der Waals surface area contributed by atoms with Crippen molar-refractivity contribution in [3.05, 3.63) is 54.7 Å². The Hall–Kier alpha value is -1.93. The summed E-state index contributed by atoms with van der Waals surface area (Å²) in [5.74, 6) is -0.699. The highest BCUT2D eigenvalue weighted by atomic mass is 79.9.